The molecular weight excluding hydrogens is 490 g/mol. The molecule has 1 saturated carbocycles. The van der Waals surface area contributed by atoms with E-state index in [1.165, 1.54) is 20.8 Å². The van der Waals surface area contributed by atoms with Gasteiger partial charge in [0.1, 0.15) is 6.23 Å². The highest BCUT2D eigenvalue weighted by Crippen LogP contribution is 2.43. The van der Waals surface area contributed by atoms with Crippen molar-refractivity contribution in [2.24, 2.45) is 11.8 Å². The van der Waals surface area contributed by atoms with Gasteiger partial charge in [0.15, 0.2) is 24.6 Å². The van der Waals surface area contributed by atoms with E-state index in [9.17, 15) is 14.4 Å². The molecule has 1 aliphatic carbocycles. The van der Waals surface area contributed by atoms with Gasteiger partial charge in [0.2, 0.25) is 0 Å². The van der Waals surface area contributed by atoms with E-state index < -0.39 is 54.7 Å². The molecule has 0 aromatic heterocycles. The fourth-order valence-electron chi connectivity index (χ4n) is 6.43. The molecule has 7 unspecified atom stereocenters. The molecule has 210 valence electrons. The Kier molecular flexibility index (Phi) is 9.08. The normalized spacial score (nSPS) is 43.3. The van der Waals surface area contributed by atoms with Crippen LogP contribution in [0.4, 0.5) is 0 Å². The highest BCUT2D eigenvalue weighted by Gasteiger charge is 2.56. The zero-order valence-corrected chi connectivity index (χ0v) is 22.2. The second-order valence-corrected chi connectivity index (χ2v) is 10.2. The quantitative estimate of drug-likeness (QED) is 0.367. The molecule has 0 radical (unpaired) electrons. The number of hydrogen-bond acceptors (Lipinski definition) is 12. The molecule has 12 atom stereocenters. The van der Waals surface area contributed by atoms with Crippen LogP contribution >= 0.6 is 0 Å². The van der Waals surface area contributed by atoms with Gasteiger partial charge in [-0.3, -0.25) is 19.7 Å². The van der Waals surface area contributed by atoms with Crippen molar-refractivity contribution >= 4 is 17.9 Å². The van der Waals surface area contributed by atoms with Gasteiger partial charge in [0.25, 0.3) is 0 Å². The molecule has 0 amide bonds. The summed E-state index contributed by atoms with van der Waals surface area (Å²) in [6.07, 6.45) is -3.57. The Morgan fingerprint density at radius 2 is 1.38 bits per heavy atom. The second-order valence-electron chi connectivity index (χ2n) is 10.2. The van der Waals surface area contributed by atoms with Crippen molar-refractivity contribution in [1.82, 2.24) is 5.32 Å². The van der Waals surface area contributed by atoms with Crippen molar-refractivity contribution < 1.29 is 52.3 Å². The summed E-state index contributed by atoms with van der Waals surface area (Å²) in [5.41, 5.74) is 0. The number of piperidine rings is 1. The van der Waals surface area contributed by atoms with E-state index in [0.717, 1.165) is 12.8 Å². The summed E-state index contributed by atoms with van der Waals surface area (Å²) in [5, 5.41) is 3.61. The summed E-state index contributed by atoms with van der Waals surface area (Å²) >= 11 is 0. The fraction of sp³-hybridized carbons (Fsp3) is 0.880. The smallest absolute Gasteiger partial charge is 0.303 e. The van der Waals surface area contributed by atoms with Gasteiger partial charge in [-0.05, 0) is 26.2 Å². The van der Waals surface area contributed by atoms with Gasteiger partial charge in [0, 0.05) is 59.5 Å². The van der Waals surface area contributed by atoms with Crippen LogP contribution in [0.1, 0.15) is 47.0 Å². The van der Waals surface area contributed by atoms with Crippen molar-refractivity contribution in [1.29, 1.82) is 0 Å². The topological polar surface area (TPSA) is 137 Å². The molecule has 4 rings (SSSR count). The molecule has 12 heteroatoms. The van der Waals surface area contributed by atoms with Gasteiger partial charge in [-0.2, -0.15) is 0 Å². The summed E-state index contributed by atoms with van der Waals surface area (Å²) in [6.45, 7) is 6.06. The first kappa shape index (κ1) is 28.2. The number of carbonyl (C=O) groups is 3. The number of nitrogens with one attached hydrogen (secondary N) is 1. The van der Waals surface area contributed by atoms with E-state index in [1.54, 1.807) is 21.1 Å². The Labute approximate surface area is 216 Å². The lowest BCUT2D eigenvalue weighted by Crippen LogP contribution is -2.68. The summed E-state index contributed by atoms with van der Waals surface area (Å²) in [6, 6.07) is -0.0979. The van der Waals surface area contributed by atoms with Gasteiger partial charge in [-0.25, -0.2) is 0 Å². The maximum atomic E-state index is 12.0. The molecule has 12 nitrogen and oxygen atoms in total. The Balaban J connectivity index is 1.56. The minimum atomic E-state index is -1.16. The molecule has 3 saturated heterocycles. The molecular formula is C25H39NO11. The molecule has 1 N–H and O–H groups in total. The lowest BCUT2D eigenvalue weighted by molar-refractivity contribution is -0.321. The summed E-state index contributed by atoms with van der Waals surface area (Å²) in [7, 11) is 3.36. The first-order valence-electron chi connectivity index (χ1n) is 12.9. The van der Waals surface area contributed by atoms with Crippen LogP contribution in [0.15, 0.2) is 0 Å². The van der Waals surface area contributed by atoms with Crippen molar-refractivity contribution in [3.05, 3.63) is 0 Å². The minimum absolute atomic E-state index is 0.0370. The molecule has 3 heterocycles. The number of carbonyl (C=O) groups excluding carboxylic acids is 3. The molecule has 3 aliphatic heterocycles. The third-order valence-corrected chi connectivity index (χ3v) is 7.79. The Hall–Kier alpha value is -1.83. The predicted octanol–water partition coefficient (Wildman–Crippen LogP) is 0.686. The molecule has 37 heavy (non-hydrogen) atoms. The van der Waals surface area contributed by atoms with E-state index in [-0.39, 0.29) is 36.3 Å². The van der Waals surface area contributed by atoms with Crippen LogP contribution in [0.2, 0.25) is 0 Å². The first-order chi connectivity index (χ1) is 17.6. The largest absolute Gasteiger partial charge is 0.456 e. The van der Waals surface area contributed by atoms with Crippen LogP contribution < -0.4 is 5.32 Å². The standard InChI is InChI=1S/C25H39NO11/c1-11-19(34-12(2)27)22(35-13(3)28)23(36-14(4)29)25(33-11)37-17-8-7-15-18(21(17)31-6)26-24-16(9-10-32-24)20(15)30-5/h11,15-26H,7-10H2,1-6H3/t11-,15?,16?,17?,18?,19+,20?,21?,22+,23+,24?,25+/m1/s1. The number of esters is 3. The summed E-state index contributed by atoms with van der Waals surface area (Å²) in [5.74, 6) is -1.34. The van der Waals surface area contributed by atoms with Gasteiger partial charge in [0.05, 0.1) is 24.4 Å². The van der Waals surface area contributed by atoms with Crippen molar-refractivity contribution in [2.75, 3.05) is 20.8 Å². The van der Waals surface area contributed by atoms with Crippen LogP contribution in [0.3, 0.4) is 0 Å². The maximum Gasteiger partial charge on any atom is 0.303 e. The third-order valence-electron chi connectivity index (χ3n) is 7.79. The predicted molar refractivity (Wildman–Crippen MR) is 125 cm³/mol. The Morgan fingerprint density at radius 3 is 2.00 bits per heavy atom. The van der Waals surface area contributed by atoms with E-state index in [2.05, 4.69) is 5.32 Å². The number of rotatable bonds is 7. The monoisotopic (exact) mass is 529 g/mol. The zero-order valence-electron chi connectivity index (χ0n) is 22.2. The van der Waals surface area contributed by atoms with Crippen LogP contribution in [0.25, 0.3) is 0 Å². The highest BCUT2D eigenvalue weighted by atomic mass is 16.7. The molecule has 0 spiro atoms. The number of ether oxygens (including phenoxy) is 8. The number of hydrogen-bond donors (Lipinski definition) is 1. The number of methoxy groups -OCH3 is 2. The molecule has 4 fully saturated rings. The van der Waals surface area contributed by atoms with E-state index in [1.807, 2.05) is 0 Å². The molecule has 0 bridgehead atoms. The van der Waals surface area contributed by atoms with Crippen molar-refractivity contribution in [2.45, 2.75) is 108 Å². The average Bonchev–Trinajstić information content (AvgIpc) is 3.29. The minimum Gasteiger partial charge on any atom is -0.456 e. The van der Waals surface area contributed by atoms with Crippen LogP contribution in [-0.4, -0.2) is 100 Å². The lowest BCUT2D eigenvalue weighted by atomic mass is 9.70. The number of fused-ring (bicyclic) bond motifs is 2. The molecule has 0 aromatic rings. The van der Waals surface area contributed by atoms with Gasteiger partial charge in [-0.15, -0.1) is 0 Å². The SMILES string of the molecule is COC1C2CCOC2NC2C1CCC(O[C@@H]1O[C@H](C)[C@H](OC(C)=O)[C@H](OC(C)=O)[C@@H]1OC(C)=O)C2OC. The van der Waals surface area contributed by atoms with E-state index in [0.29, 0.717) is 13.0 Å². The fourth-order valence-corrected chi connectivity index (χ4v) is 6.43. The summed E-state index contributed by atoms with van der Waals surface area (Å²) in [4.78, 5) is 35.7. The summed E-state index contributed by atoms with van der Waals surface area (Å²) < 4.78 is 46.7. The third kappa shape index (κ3) is 5.94. The van der Waals surface area contributed by atoms with Gasteiger partial charge in [-0.1, -0.05) is 0 Å². The maximum absolute atomic E-state index is 12.0. The first-order valence-corrected chi connectivity index (χ1v) is 12.9. The lowest BCUT2D eigenvalue weighted by Gasteiger charge is -2.52. The second kappa shape index (κ2) is 11.9. The zero-order chi connectivity index (χ0) is 26.9. The van der Waals surface area contributed by atoms with Crippen molar-refractivity contribution in [3.63, 3.8) is 0 Å². The average molecular weight is 530 g/mol. The van der Waals surface area contributed by atoms with E-state index >= 15 is 0 Å². The van der Waals surface area contributed by atoms with Gasteiger partial charge >= 0.3 is 17.9 Å². The molecule has 0 aromatic carbocycles. The highest BCUT2D eigenvalue weighted by molar-refractivity contribution is 5.68. The van der Waals surface area contributed by atoms with Crippen LogP contribution in [-0.2, 0) is 52.3 Å². The van der Waals surface area contributed by atoms with Crippen LogP contribution in [0, 0.1) is 11.8 Å². The van der Waals surface area contributed by atoms with Gasteiger partial charge < -0.3 is 37.9 Å². The van der Waals surface area contributed by atoms with E-state index in [4.69, 9.17) is 37.9 Å². The Morgan fingerprint density at radius 1 is 0.757 bits per heavy atom. The van der Waals surface area contributed by atoms with Crippen LogP contribution in [0.5, 0.6) is 0 Å². The Bertz CT molecular complexity index is 839. The van der Waals surface area contributed by atoms with Crippen molar-refractivity contribution in [3.8, 4) is 0 Å². The molecule has 4 aliphatic rings.